The van der Waals surface area contributed by atoms with E-state index in [2.05, 4.69) is 15.4 Å². The number of anilines is 1. The van der Waals surface area contributed by atoms with Gasteiger partial charge in [0.25, 0.3) is 5.91 Å². The maximum Gasteiger partial charge on any atom is 0.251 e. The highest BCUT2D eigenvalue weighted by Gasteiger charge is 2.28. The third kappa shape index (κ3) is 5.17. The Balaban J connectivity index is 1.58. The minimum atomic E-state index is -3.53. The van der Waals surface area contributed by atoms with Crippen LogP contribution < -0.4 is 15.4 Å². The van der Waals surface area contributed by atoms with Gasteiger partial charge < -0.3 is 10.6 Å². The van der Waals surface area contributed by atoms with Crippen LogP contribution in [0.15, 0.2) is 53.4 Å². The number of nitrogens with one attached hydrogen (secondary N) is 3. The molecule has 0 radical (unpaired) electrons. The van der Waals surface area contributed by atoms with Crippen LogP contribution in [0.1, 0.15) is 35.7 Å². The predicted octanol–water partition coefficient (Wildman–Crippen LogP) is 2.19. The zero-order chi connectivity index (χ0) is 20.3. The summed E-state index contributed by atoms with van der Waals surface area (Å²) >= 11 is 0. The van der Waals surface area contributed by atoms with Crippen LogP contribution in [-0.4, -0.2) is 32.3 Å². The lowest BCUT2D eigenvalue weighted by molar-refractivity contribution is -0.117. The first-order valence-electron chi connectivity index (χ1n) is 9.05. The summed E-state index contributed by atoms with van der Waals surface area (Å²) in [5.41, 5.74) is 1.89. The van der Waals surface area contributed by atoms with Gasteiger partial charge in [0.05, 0.1) is 4.90 Å². The Morgan fingerprint density at radius 1 is 1.07 bits per heavy atom. The molecule has 2 aromatic carbocycles. The van der Waals surface area contributed by atoms with Crippen molar-refractivity contribution in [1.82, 2.24) is 10.0 Å². The molecule has 148 valence electrons. The second-order valence-corrected chi connectivity index (χ2v) is 8.69. The minimum absolute atomic E-state index is 0.0299. The maximum absolute atomic E-state index is 12.3. The fraction of sp³-hybridized carbons (Fsp3) is 0.300. The molecule has 0 unspecified atom stereocenters. The lowest BCUT2D eigenvalue weighted by Gasteiger charge is -2.15. The minimum Gasteiger partial charge on any atom is -0.341 e. The van der Waals surface area contributed by atoms with Crippen LogP contribution in [0.2, 0.25) is 0 Å². The zero-order valence-electron chi connectivity index (χ0n) is 15.7. The molecule has 28 heavy (non-hydrogen) atoms. The van der Waals surface area contributed by atoms with Crippen molar-refractivity contribution in [3.8, 4) is 0 Å². The molecule has 1 saturated carbocycles. The van der Waals surface area contributed by atoms with E-state index in [4.69, 9.17) is 0 Å². The SMILES string of the molecule is Cc1cccc(C(=O)N[C@@H](C)C(=O)Nc2ccc(S(=O)(=O)NC3CC3)cc2)c1. The van der Waals surface area contributed by atoms with Gasteiger partial charge >= 0.3 is 0 Å². The van der Waals surface area contributed by atoms with Crippen LogP contribution in [0.5, 0.6) is 0 Å². The number of hydrogen-bond donors (Lipinski definition) is 3. The smallest absolute Gasteiger partial charge is 0.251 e. The Bertz CT molecular complexity index is 983. The van der Waals surface area contributed by atoms with E-state index in [0.29, 0.717) is 11.3 Å². The van der Waals surface area contributed by atoms with E-state index < -0.39 is 22.0 Å². The summed E-state index contributed by atoms with van der Waals surface area (Å²) in [6.07, 6.45) is 1.72. The number of rotatable bonds is 7. The molecule has 8 heteroatoms. The molecule has 7 nitrogen and oxygen atoms in total. The molecule has 1 fully saturated rings. The van der Waals surface area contributed by atoms with Crippen molar-refractivity contribution >= 4 is 27.5 Å². The van der Waals surface area contributed by atoms with E-state index in [1.165, 1.54) is 24.3 Å². The molecule has 0 aliphatic heterocycles. The molecule has 3 N–H and O–H groups in total. The molecule has 0 heterocycles. The van der Waals surface area contributed by atoms with E-state index in [9.17, 15) is 18.0 Å². The summed E-state index contributed by atoms with van der Waals surface area (Å²) < 4.78 is 26.9. The van der Waals surface area contributed by atoms with E-state index in [-0.39, 0.29) is 16.8 Å². The van der Waals surface area contributed by atoms with Crippen LogP contribution in [0.4, 0.5) is 5.69 Å². The van der Waals surface area contributed by atoms with Gasteiger partial charge in [0.1, 0.15) is 6.04 Å². The molecule has 1 aliphatic carbocycles. The Morgan fingerprint density at radius 3 is 2.36 bits per heavy atom. The average Bonchev–Trinajstić information content (AvgIpc) is 3.45. The van der Waals surface area contributed by atoms with Gasteiger partial charge in [-0.05, 0) is 63.1 Å². The van der Waals surface area contributed by atoms with Crippen molar-refractivity contribution < 1.29 is 18.0 Å². The van der Waals surface area contributed by atoms with Gasteiger partial charge in [-0.1, -0.05) is 17.7 Å². The summed E-state index contributed by atoms with van der Waals surface area (Å²) in [6, 6.07) is 12.3. The lowest BCUT2D eigenvalue weighted by atomic mass is 10.1. The highest BCUT2D eigenvalue weighted by atomic mass is 32.2. The largest absolute Gasteiger partial charge is 0.341 e. The van der Waals surface area contributed by atoms with Gasteiger partial charge in [0.2, 0.25) is 15.9 Å². The van der Waals surface area contributed by atoms with Crippen LogP contribution in [0.3, 0.4) is 0 Å². The van der Waals surface area contributed by atoms with Gasteiger partial charge in [-0.25, -0.2) is 13.1 Å². The summed E-state index contributed by atoms with van der Waals surface area (Å²) in [5.74, 6) is -0.730. The first-order chi connectivity index (χ1) is 13.2. The van der Waals surface area contributed by atoms with Crippen molar-refractivity contribution in [2.45, 2.75) is 43.7 Å². The van der Waals surface area contributed by atoms with Crippen molar-refractivity contribution in [3.63, 3.8) is 0 Å². The second kappa shape index (κ2) is 8.12. The topological polar surface area (TPSA) is 104 Å². The first-order valence-corrected chi connectivity index (χ1v) is 10.5. The molecule has 0 spiro atoms. The van der Waals surface area contributed by atoms with E-state index in [0.717, 1.165) is 18.4 Å². The second-order valence-electron chi connectivity index (χ2n) is 6.97. The number of carbonyl (C=O) groups is 2. The monoisotopic (exact) mass is 401 g/mol. The van der Waals surface area contributed by atoms with Gasteiger partial charge in [-0.2, -0.15) is 0 Å². The summed E-state index contributed by atoms with van der Waals surface area (Å²) in [6.45, 7) is 3.47. The highest BCUT2D eigenvalue weighted by Crippen LogP contribution is 2.22. The Labute approximate surface area is 164 Å². The first kappa shape index (κ1) is 20.0. The van der Waals surface area contributed by atoms with Crippen LogP contribution in [0, 0.1) is 6.92 Å². The fourth-order valence-corrected chi connectivity index (χ4v) is 3.89. The number of carbonyl (C=O) groups excluding carboxylic acids is 2. The highest BCUT2D eigenvalue weighted by molar-refractivity contribution is 7.89. The normalized spacial score (nSPS) is 14.9. The van der Waals surface area contributed by atoms with E-state index in [1.807, 2.05) is 13.0 Å². The molecule has 2 aromatic rings. The Morgan fingerprint density at radius 2 is 1.75 bits per heavy atom. The molecule has 1 aliphatic rings. The van der Waals surface area contributed by atoms with Gasteiger partial charge in [0.15, 0.2) is 0 Å². The van der Waals surface area contributed by atoms with Gasteiger partial charge in [0, 0.05) is 17.3 Å². The lowest BCUT2D eigenvalue weighted by Crippen LogP contribution is -2.41. The molecular weight excluding hydrogens is 378 g/mol. The number of aryl methyl sites for hydroxylation is 1. The quantitative estimate of drug-likeness (QED) is 0.661. The van der Waals surface area contributed by atoms with Crippen LogP contribution in [0.25, 0.3) is 0 Å². The van der Waals surface area contributed by atoms with Crippen molar-refractivity contribution in [1.29, 1.82) is 0 Å². The Kier molecular flexibility index (Phi) is 5.81. The Hall–Kier alpha value is -2.71. The predicted molar refractivity (Wildman–Crippen MR) is 107 cm³/mol. The summed E-state index contributed by atoms with van der Waals surface area (Å²) in [7, 11) is -3.53. The molecule has 0 saturated heterocycles. The standard InChI is InChI=1S/C20H23N3O4S/c1-13-4-3-5-15(12-13)20(25)21-14(2)19(24)22-16-8-10-18(11-9-16)28(26,27)23-17-6-7-17/h3-5,8-12,14,17,23H,6-7H2,1-2H3,(H,21,25)(H,22,24)/t14-/m0/s1. The number of amides is 2. The van der Waals surface area contributed by atoms with Crippen molar-refractivity contribution in [2.75, 3.05) is 5.32 Å². The number of benzene rings is 2. The van der Waals surface area contributed by atoms with Gasteiger partial charge in [-0.15, -0.1) is 0 Å². The third-order valence-corrected chi connectivity index (χ3v) is 5.89. The van der Waals surface area contributed by atoms with Crippen LogP contribution >= 0.6 is 0 Å². The molecule has 0 bridgehead atoms. The van der Waals surface area contributed by atoms with Gasteiger partial charge in [-0.3, -0.25) is 9.59 Å². The van der Waals surface area contributed by atoms with Crippen molar-refractivity contribution in [2.24, 2.45) is 0 Å². The van der Waals surface area contributed by atoms with Crippen molar-refractivity contribution in [3.05, 3.63) is 59.7 Å². The zero-order valence-corrected chi connectivity index (χ0v) is 16.5. The summed E-state index contributed by atoms with van der Waals surface area (Å²) in [4.78, 5) is 24.7. The van der Waals surface area contributed by atoms with Crippen LogP contribution in [-0.2, 0) is 14.8 Å². The molecule has 1 atom stereocenters. The average molecular weight is 401 g/mol. The number of hydrogen-bond acceptors (Lipinski definition) is 4. The molecule has 0 aromatic heterocycles. The molecule has 2 amide bonds. The fourth-order valence-electron chi connectivity index (χ4n) is 2.59. The maximum atomic E-state index is 12.3. The summed E-state index contributed by atoms with van der Waals surface area (Å²) in [5, 5.41) is 5.32. The third-order valence-electron chi connectivity index (χ3n) is 4.35. The van der Waals surface area contributed by atoms with E-state index >= 15 is 0 Å². The molecule has 3 rings (SSSR count). The van der Waals surface area contributed by atoms with E-state index in [1.54, 1.807) is 25.1 Å². The molecular formula is C20H23N3O4S. The number of sulfonamides is 1.